The molecule has 1 aromatic heterocycles. The van der Waals surface area contributed by atoms with Gasteiger partial charge in [-0.1, -0.05) is 12.1 Å². The Labute approximate surface area is 135 Å². The van der Waals surface area contributed by atoms with Crippen LogP contribution in [0, 0.1) is 0 Å². The lowest BCUT2D eigenvalue weighted by molar-refractivity contribution is -0.137. The number of rotatable bonds is 3. The van der Waals surface area contributed by atoms with Crippen molar-refractivity contribution in [3.05, 3.63) is 34.1 Å². The zero-order chi connectivity index (χ0) is 17.4. The Kier molecular flexibility index (Phi) is 4.46. The summed E-state index contributed by atoms with van der Waals surface area (Å²) in [5.74, 6) is -3.41. The van der Waals surface area contributed by atoms with E-state index in [1.165, 1.54) is 12.1 Å². The number of aromatic nitrogens is 1. The fraction of sp³-hybridized carbons (Fsp3) is 0.154. The van der Waals surface area contributed by atoms with Crippen LogP contribution in [0.5, 0.6) is 5.75 Å². The molecule has 0 spiro atoms. The topological polar surface area (TPSA) is 99.5 Å². The summed E-state index contributed by atoms with van der Waals surface area (Å²) in [5, 5.41) is 19.5. The summed E-state index contributed by atoms with van der Waals surface area (Å²) in [6.07, 6.45) is -4.99. The molecule has 0 aliphatic heterocycles. The lowest BCUT2D eigenvalue weighted by Gasteiger charge is -2.16. The Morgan fingerprint density at radius 2 is 1.96 bits per heavy atom. The predicted octanol–water partition coefficient (Wildman–Crippen LogP) is 2.54. The maximum atomic E-state index is 13.4. The van der Waals surface area contributed by atoms with Gasteiger partial charge in [-0.25, -0.2) is 4.98 Å². The summed E-state index contributed by atoms with van der Waals surface area (Å²) in [5.41, 5.74) is -2.46. The van der Waals surface area contributed by atoms with E-state index in [1.807, 2.05) is 5.32 Å². The van der Waals surface area contributed by atoms with Crippen molar-refractivity contribution in [1.82, 2.24) is 10.3 Å². The van der Waals surface area contributed by atoms with Crippen molar-refractivity contribution in [2.24, 2.45) is 0 Å². The maximum absolute atomic E-state index is 13.4. The van der Waals surface area contributed by atoms with Gasteiger partial charge in [-0.05, 0) is 22.0 Å². The number of phenols is 1. The number of fused-ring (bicyclic) bond motifs is 1. The summed E-state index contributed by atoms with van der Waals surface area (Å²) in [4.78, 5) is 25.9. The third kappa shape index (κ3) is 3.36. The number of alkyl halides is 3. The third-order valence-corrected chi connectivity index (χ3v) is 3.46. The minimum Gasteiger partial charge on any atom is -0.507 e. The van der Waals surface area contributed by atoms with Gasteiger partial charge in [0.05, 0.1) is 5.56 Å². The molecule has 122 valence electrons. The average Bonchev–Trinajstić information content (AvgIpc) is 2.44. The SMILES string of the molecule is O=C(O)CNC(=O)c1nc(Br)c2cccc(O)c2c1C(F)(F)F. The lowest BCUT2D eigenvalue weighted by atomic mass is 10.0. The van der Waals surface area contributed by atoms with Crippen molar-refractivity contribution < 1.29 is 33.0 Å². The second-order valence-electron chi connectivity index (χ2n) is 4.40. The molecule has 0 unspecified atom stereocenters. The monoisotopic (exact) mass is 392 g/mol. The van der Waals surface area contributed by atoms with Crippen LogP contribution < -0.4 is 5.32 Å². The highest BCUT2D eigenvalue weighted by molar-refractivity contribution is 9.10. The smallest absolute Gasteiger partial charge is 0.419 e. The molecule has 0 aliphatic rings. The molecule has 10 heteroatoms. The Hall–Kier alpha value is -2.36. The van der Waals surface area contributed by atoms with E-state index < -0.39 is 47.0 Å². The first-order valence-corrected chi connectivity index (χ1v) is 6.80. The molecule has 2 aromatic rings. The Balaban J connectivity index is 2.76. The number of hydrogen-bond donors (Lipinski definition) is 3. The van der Waals surface area contributed by atoms with Crippen molar-refractivity contribution >= 4 is 38.6 Å². The number of aromatic hydroxyl groups is 1. The number of halogens is 4. The number of carboxylic acids is 1. The van der Waals surface area contributed by atoms with Crippen molar-refractivity contribution in [2.75, 3.05) is 6.54 Å². The summed E-state index contributed by atoms with van der Waals surface area (Å²) >= 11 is 2.95. The quantitative estimate of drug-likeness (QED) is 0.697. The molecular formula is C13H8BrF3N2O4. The van der Waals surface area contributed by atoms with E-state index in [2.05, 4.69) is 20.9 Å². The zero-order valence-electron chi connectivity index (χ0n) is 11.1. The number of phenolic OH excluding ortho intramolecular Hbond substituents is 1. The molecule has 1 aromatic carbocycles. The summed E-state index contributed by atoms with van der Waals surface area (Å²) in [7, 11) is 0. The summed E-state index contributed by atoms with van der Waals surface area (Å²) < 4.78 is 40.1. The van der Waals surface area contributed by atoms with Crippen molar-refractivity contribution in [3.8, 4) is 5.75 Å². The zero-order valence-corrected chi connectivity index (χ0v) is 12.7. The van der Waals surface area contributed by atoms with Gasteiger partial charge in [0.25, 0.3) is 5.91 Å². The predicted molar refractivity (Wildman–Crippen MR) is 76.1 cm³/mol. The van der Waals surface area contributed by atoms with Crippen LogP contribution in [0.15, 0.2) is 22.8 Å². The van der Waals surface area contributed by atoms with Crippen LogP contribution in [0.3, 0.4) is 0 Å². The van der Waals surface area contributed by atoms with Gasteiger partial charge in [-0.15, -0.1) is 0 Å². The largest absolute Gasteiger partial charge is 0.507 e. The van der Waals surface area contributed by atoms with E-state index in [4.69, 9.17) is 5.11 Å². The first-order valence-electron chi connectivity index (χ1n) is 6.01. The van der Waals surface area contributed by atoms with E-state index in [9.17, 15) is 27.9 Å². The van der Waals surface area contributed by atoms with E-state index in [0.717, 1.165) is 6.07 Å². The van der Waals surface area contributed by atoms with Crippen molar-refractivity contribution in [2.45, 2.75) is 6.18 Å². The Morgan fingerprint density at radius 1 is 1.30 bits per heavy atom. The van der Waals surface area contributed by atoms with Crippen LogP contribution in [-0.2, 0) is 11.0 Å². The molecule has 6 nitrogen and oxygen atoms in total. The number of carbonyl (C=O) groups is 2. The van der Waals surface area contributed by atoms with Crippen molar-refractivity contribution in [1.29, 1.82) is 0 Å². The van der Waals surface area contributed by atoms with Gasteiger partial charge in [0.15, 0.2) is 0 Å². The van der Waals surface area contributed by atoms with Gasteiger partial charge < -0.3 is 15.5 Å². The van der Waals surface area contributed by atoms with E-state index in [0.29, 0.717) is 0 Å². The fourth-order valence-corrected chi connectivity index (χ4v) is 2.50. The van der Waals surface area contributed by atoms with Crippen LogP contribution in [0.25, 0.3) is 10.8 Å². The molecular weight excluding hydrogens is 385 g/mol. The van der Waals surface area contributed by atoms with Gasteiger partial charge in [0.1, 0.15) is 22.6 Å². The molecule has 3 N–H and O–H groups in total. The van der Waals surface area contributed by atoms with Gasteiger partial charge in [0.2, 0.25) is 0 Å². The van der Waals surface area contributed by atoms with E-state index in [-0.39, 0.29) is 9.99 Å². The highest BCUT2D eigenvalue weighted by atomic mass is 79.9. The molecule has 1 heterocycles. The molecule has 0 saturated carbocycles. The number of nitrogens with zero attached hydrogens (tertiary/aromatic N) is 1. The second-order valence-corrected chi connectivity index (χ2v) is 5.15. The molecule has 0 atom stereocenters. The van der Waals surface area contributed by atoms with Gasteiger partial charge in [0, 0.05) is 10.8 Å². The van der Waals surface area contributed by atoms with Gasteiger partial charge in [-0.2, -0.15) is 13.2 Å². The molecule has 0 saturated heterocycles. The van der Waals surface area contributed by atoms with Gasteiger partial charge >= 0.3 is 12.1 Å². The van der Waals surface area contributed by atoms with Gasteiger partial charge in [-0.3, -0.25) is 9.59 Å². The number of hydrogen-bond acceptors (Lipinski definition) is 4. The molecule has 2 rings (SSSR count). The number of pyridine rings is 1. The number of amides is 1. The number of benzene rings is 1. The van der Waals surface area contributed by atoms with Crippen LogP contribution in [0.1, 0.15) is 16.1 Å². The van der Waals surface area contributed by atoms with Crippen molar-refractivity contribution in [3.63, 3.8) is 0 Å². The molecule has 0 fully saturated rings. The number of nitrogens with one attached hydrogen (secondary N) is 1. The van der Waals surface area contributed by atoms with Crippen LogP contribution >= 0.6 is 15.9 Å². The third-order valence-electron chi connectivity index (χ3n) is 2.86. The maximum Gasteiger partial charge on any atom is 0.419 e. The standard InChI is InChI=1S/C13H8BrF3N2O4/c14-11-5-2-1-3-6(20)8(5)9(13(15,16)17)10(19-11)12(23)18-4-7(21)22/h1-3,20H,4H2,(H,18,23)(H,21,22). The Morgan fingerprint density at radius 3 is 2.52 bits per heavy atom. The normalized spacial score (nSPS) is 11.5. The highest BCUT2D eigenvalue weighted by Crippen LogP contribution is 2.42. The lowest BCUT2D eigenvalue weighted by Crippen LogP contribution is -2.32. The average molecular weight is 393 g/mol. The van der Waals surface area contributed by atoms with Crippen LogP contribution in [0.2, 0.25) is 0 Å². The first-order chi connectivity index (χ1) is 10.6. The summed E-state index contributed by atoms with van der Waals surface area (Å²) in [6, 6.07) is 3.66. The minimum atomic E-state index is -4.99. The molecule has 1 amide bonds. The number of aliphatic carboxylic acids is 1. The molecule has 0 aliphatic carbocycles. The summed E-state index contributed by atoms with van der Waals surface area (Å²) in [6.45, 7) is -0.867. The number of carbonyl (C=O) groups excluding carboxylic acids is 1. The molecule has 23 heavy (non-hydrogen) atoms. The van der Waals surface area contributed by atoms with E-state index >= 15 is 0 Å². The Bertz CT molecular complexity index is 808. The fourth-order valence-electron chi connectivity index (χ4n) is 1.99. The second kappa shape index (κ2) is 6.03. The van der Waals surface area contributed by atoms with E-state index in [1.54, 1.807) is 0 Å². The minimum absolute atomic E-state index is 0.0351. The first kappa shape index (κ1) is 17.0. The van der Waals surface area contributed by atoms with Crippen LogP contribution in [0.4, 0.5) is 13.2 Å². The molecule has 0 bridgehead atoms. The number of carboxylic acid groups (broad SMARTS) is 1. The highest BCUT2D eigenvalue weighted by Gasteiger charge is 2.40. The van der Waals surface area contributed by atoms with Crippen LogP contribution in [-0.4, -0.2) is 33.6 Å². The molecule has 0 radical (unpaired) electrons.